The average Bonchev–Trinajstić information content (AvgIpc) is 3.20. The van der Waals surface area contributed by atoms with Crippen LogP contribution in [0.15, 0.2) is 24.4 Å². The lowest BCUT2D eigenvalue weighted by molar-refractivity contribution is -0.192. The van der Waals surface area contributed by atoms with Crippen LogP contribution in [0.3, 0.4) is 0 Å². The number of ether oxygens (including phenoxy) is 1. The number of likely N-dealkylation sites (tertiary alicyclic amines) is 1. The Kier molecular flexibility index (Phi) is 7.19. The molecule has 13 heteroatoms. The molecule has 1 aromatic heterocycles. The number of pyridine rings is 1. The lowest BCUT2D eigenvalue weighted by Gasteiger charge is -2.19. The molecule has 0 aromatic carbocycles. The van der Waals surface area contributed by atoms with Gasteiger partial charge in [0.2, 0.25) is 10.0 Å². The summed E-state index contributed by atoms with van der Waals surface area (Å²) in [7, 11) is -3.21. The maximum absolute atomic E-state index is 12.4. The van der Waals surface area contributed by atoms with Crippen molar-refractivity contribution in [3.8, 4) is 0 Å². The average molecular weight is 439 g/mol. The number of amides is 1. The first-order chi connectivity index (χ1) is 13.4. The van der Waals surface area contributed by atoms with Gasteiger partial charge in [-0.1, -0.05) is 6.07 Å². The minimum atomic E-state index is -5.08. The highest BCUT2D eigenvalue weighted by Gasteiger charge is 2.45. The van der Waals surface area contributed by atoms with E-state index in [0.717, 1.165) is 6.26 Å². The summed E-state index contributed by atoms with van der Waals surface area (Å²) in [6.07, 6.45) is -2.36. The van der Waals surface area contributed by atoms with E-state index < -0.39 is 22.2 Å². The Morgan fingerprint density at radius 2 is 2.00 bits per heavy atom. The number of hydrogen-bond donors (Lipinski definition) is 2. The third-order valence-corrected chi connectivity index (χ3v) is 5.15. The number of fused-ring (bicyclic) bond motifs is 1. The van der Waals surface area contributed by atoms with E-state index in [-0.39, 0.29) is 23.8 Å². The van der Waals surface area contributed by atoms with Gasteiger partial charge in [0.1, 0.15) is 5.69 Å². The molecule has 2 fully saturated rings. The van der Waals surface area contributed by atoms with Gasteiger partial charge < -0.3 is 14.7 Å². The van der Waals surface area contributed by atoms with Gasteiger partial charge >= 0.3 is 12.1 Å². The van der Waals surface area contributed by atoms with Crippen molar-refractivity contribution in [3.63, 3.8) is 0 Å². The van der Waals surface area contributed by atoms with E-state index in [1.54, 1.807) is 29.3 Å². The first kappa shape index (κ1) is 23.0. The van der Waals surface area contributed by atoms with Gasteiger partial charge in [-0.2, -0.15) is 13.2 Å². The first-order valence-electron chi connectivity index (χ1n) is 8.45. The summed E-state index contributed by atoms with van der Waals surface area (Å²) in [5, 5.41) is 7.12. The zero-order valence-corrected chi connectivity index (χ0v) is 16.1. The molecule has 9 nitrogen and oxygen atoms in total. The van der Waals surface area contributed by atoms with Crippen molar-refractivity contribution in [2.75, 3.05) is 32.5 Å². The van der Waals surface area contributed by atoms with Crippen LogP contribution in [0.5, 0.6) is 0 Å². The lowest BCUT2D eigenvalue weighted by Crippen LogP contribution is -2.35. The quantitative estimate of drug-likeness (QED) is 0.693. The minimum absolute atomic E-state index is 0.0148. The van der Waals surface area contributed by atoms with E-state index in [4.69, 9.17) is 14.6 Å². The van der Waals surface area contributed by atoms with Crippen molar-refractivity contribution in [3.05, 3.63) is 30.1 Å². The molecule has 0 bridgehead atoms. The second-order valence-corrected chi connectivity index (χ2v) is 8.48. The standard InChI is InChI=1S/C14H19N3O4S.C2HF3O2/c1-22(19,20)16-6-10-9-21-13-8-17(7-11(10)13)14(18)12-4-2-3-5-15-12;3-2(4,5)1(6)7/h2-5,10-11,13,16H,6-9H2,1H3;(H,6,7)/t10-,11-,13-;/m1./s1. The van der Waals surface area contributed by atoms with Crippen LogP contribution >= 0.6 is 0 Å². The highest BCUT2D eigenvalue weighted by molar-refractivity contribution is 7.88. The van der Waals surface area contributed by atoms with Crippen LogP contribution < -0.4 is 4.72 Å². The van der Waals surface area contributed by atoms with Crippen LogP contribution in [-0.4, -0.2) is 80.1 Å². The number of nitrogens with one attached hydrogen (secondary N) is 1. The highest BCUT2D eigenvalue weighted by Crippen LogP contribution is 2.33. The number of carboxylic acids is 1. The summed E-state index contributed by atoms with van der Waals surface area (Å²) in [5.41, 5.74) is 0.424. The highest BCUT2D eigenvalue weighted by atomic mass is 32.2. The van der Waals surface area contributed by atoms with Gasteiger partial charge in [-0.3, -0.25) is 9.78 Å². The van der Waals surface area contributed by atoms with E-state index >= 15 is 0 Å². The van der Waals surface area contributed by atoms with E-state index in [1.807, 2.05) is 0 Å². The summed E-state index contributed by atoms with van der Waals surface area (Å²) in [5.74, 6) is -2.59. The fraction of sp³-hybridized carbons (Fsp3) is 0.562. The Labute approximate surface area is 164 Å². The largest absolute Gasteiger partial charge is 0.490 e. The molecule has 0 saturated carbocycles. The van der Waals surface area contributed by atoms with Crippen LogP contribution in [0.4, 0.5) is 13.2 Å². The van der Waals surface area contributed by atoms with Gasteiger partial charge in [0.15, 0.2) is 0 Å². The summed E-state index contributed by atoms with van der Waals surface area (Å²) >= 11 is 0. The van der Waals surface area contributed by atoms with Gasteiger partial charge in [-0.05, 0) is 12.1 Å². The zero-order chi connectivity index (χ0) is 21.8. The number of nitrogens with zero attached hydrogens (tertiary/aromatic N) is 2. The number of aromatic nitrogens is 1. The second kappa shape index (κ2) is 9.05. The molecule has 3 heterocycles. The second-order valence-electron chi connectivity index (χ2n) is 6.64. The van der Waals surface area contributed by atoms with Crippen molar-refractivity contribution in [1.82, 2.24) is 14.6 Å². The number of hydrogen-bond acceptors (Lipinski definition) is 6. The molecule has 0 spiro atoms. The molecule has 2 aliphatic rings. The smallest absolute Gasteiger partial charge is 0.475 e. The number of carboxylic acid groups (broad SMARTS) is 1. The van der Waals surface area contributed by atoms with Gasteiger partial charge in [0, 0.05) is 37.7 Å². The molecule has 2 saturated heterocycles. The molecule has 3 atom stereocenters. The molecular weight excluding hydrogens is 419 g/mol. The van der Waals surface area contributed by atoms with Crippen LogP contribution in [0.1, 0.15) is 10.5 Å². The number of alkyl halides is 3. The first-order valence-corrected chi connectivity index (χ1v) is 10.3. The van der Waals surface area contributed by atoms with Gasteiger partial charge in [0.25, 0.3) is 5.91 Å². The monoisotopic (exact) mass is 439 g/mol. The number of aliphatic carboxylic acids is 1. The number of halogens is 3. The molecule has 0 aliphatic carbocycles. The Balaban J connectivity index is 0.000000370. The summed E-state index contributed by atoms with van der Waals surface area (Å²) in [6, 6.07) is 5.25. The Morgan fingerprint density at radius 3 is 2.52 bits per heavy atom. The molecule has 1 amide bonds. The number of rotatable bonds is 4. The molecule has 29 heavy (non-hydrogen) atoms. The van der Waals surface area contributed by atoms with Crippen LogP contribution in [0.2, 0.25) is 0 Å². The predicted octanol–water partition coefficient (Wildman–Crippen LogP) is 0.351. The summed E-state index contributed by atoms with van der Waals surface area (Å²) < 4.78 is 62.4. The van der Waals surface area contributed by atoms with Crippen LogP contribution in [0.25, 0.3) is 0 Å². The minimum Gasteiger partial charge on any atom is -0.475 e. The Morgan fingerprint density at radius 1 is 1.34 bits per heavy atom. The van der Waals surface area contributed by atoms with E-state index in [2.05, 4.69) is 9.71 Å². The van der Waals surface area contributed by atoms with Crippen molar-refractivity contribution < 1.29 is 41.0 Å². The van der Waals surface area contributed by atoms with Crippen molar-refractivity contribution >= 4 is 21.9 Å². The molecule has 3 rings (SSSR count). The SMILES string of the molecule is CS(=O)(=O)NC[C@@H]1CO[C@@H]2CN(C(=O)c3ccccn3)C[C@H]12.O=C(O)C(F)(F)F. The summed E-state index contributed by atoms with van der Waals surface area (Å²) in [4.78, 5) is 27.1. The summed E-state index contributed by atoms with van der Waals surface area (Å²) in [6.45, 7) is 2.00. The van der Waals surface area contributed by atoms with Crippen molar-refractivity contribution in [2.24, 2.45) is 11.8 Å². The normalized spacial score (nSPS) is 23.9. The Hall–Kier alpha value is -2.25. The third kappa shape index (κ3) is 6.65. The molecule has 1 aromatic rings. The van der Waals surface area contributed by atoms with Crippen molar-refractivity contribution in [1.29, 1.82) is 0 Å². The maximum Gasteiger partial charge on any atom is 0.490 e. The molecule has 2 aliphatic heterocycles. The lowest BCUT2D eigenvalue weighted by atomic mass is 9.93. The fourth-order valence-electron chi connectivity index (χ4n) is 3.08. The van der Waals surface area contributed by atoms with Crippen LogP contribution in [0, 0.1) is 11.8 Å². The van der Waals surface area contributed by atoms with Gasteiger partial charge in [-0.15, -0.1) is 0 Å². The van der Waals surface area contributed by atoms with E-state index in [9.17, 15) is 26.4 Å². The third-order valence-electron chi connectivity index (χ3n) is 4.46. The van der Waals surface area contributed by atoms with E-state index in [0.29, 0.717) is 31.9 Å². The van der Waals surface area contributed by atoms with Gasteiger partial charge in [-0.25, -0.2) is 17.9 Å². The molecule has 0 unspecified atom stereocenters. The molecule has 2 N–H and O–H groups in total. The number of sulfonamides is 1. The van der Waals surface area contributed by atoms with Gasteiger partial charge in [0.05, 0.1) is 19.0 Å². The topological polar surface area (TPSA) is 126 Å². The molecule has 0 radical (unpaired) electrons. The fourth-order valence-corrected chi connectivity index (χ4v) is 3.60. The number of carbonyl (C=O) groups excluding carboxylic acids is 1. The van der Waals surface area contributed by atoms with Crippen molar-refractivity contribution in [2.45, 2.75) is 12.3 Å². The zero-order valence-electron chi connectivity index (χ0n) is 15.3. The molecule has 162 valence electrons. The molecular formula is C16H20F3N3O6S. The van der Waals surface area contributed by atoms with E-state index in [1.165, 1.54) is 0 Å². The van der Waals surface area contributed by atoms with Crippen LogP contribution in [-0.2, 0) is 19.6 Å². The number of carbonyl (C=O) groups is 2. The maximum atomic E-state index is 12.4. The Bertz CT molecular complexity index is 834. The predicted molar refractivity (Wildman–Crippen MR) is 93.4 cm³/mol.